The molecule has 8 nitrogen and oxygen atoms in total. The number of aromatic nitrogens is 4. The maximum absolute atomic E-state index is 12.9. The monoisotopic (exact) mass is 346 g/mol. The molecule has 122 valence electrons. The Bertz CT molecular complexity index is 740. The van der Waals surface area contributed by atoms with Crippen LogP contribution in [0.3, 0.4) is 0 Å². The third kappa shape index (κ3) is 2.76. The normalized spacial score (nSPS) is 19.8. The minimum absolute atomic E-state index is 0. The van der Waals surface area contributed by atoms with Crippen LogP contribution in [-0.4, -0.2) is 51.7 Å². The lowest BCUT2D eigenvalue weighted by molar-refractivity contribution is 0.257. The van der Waals surface area contributed by atoms with Crippen LogP contribution in [0.25, 0.3) is 0 Å². The van der Waals surface area contributed by atoms with Crippen molar-refractivity contribution in [2.45, 2.75) is 11.1 Å². The van der Waals surface area contributed by atoms with E-state index in [2.05, 4.69) is 15.4 Å². The van der Waals surface area contributed by atoms with E-state index in [1.165, 1.54) is 21.3 Å². The number of hydrogen-bond acceptors (Lipinski definition) is 5. The Balaban J connectivity index is 0.00000176. The number of halogens is 1. The summed E-state index contributed by atoms with van der Waals surface area (Å²) in [5, 5.41) is 7.39. The van der Waals surface area contributed by atoms with Gasteiger partial charge in [-0.05, 0) is 6.07 Å². The van der Waals surface area contributed by atoms with Crippen molar-refractivity contribution in [3.8, 4) is 0 Å². The molecule has 1 saturated heterocycles. The molecular weight excluding hydrogens is 328 g/mol. The van der Waals surface area contributed by atoms with Crippen LogP contribution in [0.15, 0.2) is 29.7 Å². The summed E-state index contributed by atoms with van der Waals surface area (Å²) in [6, 6.07) is 1.20. The number of nitrogens with zero attached hydrogens (tertiary/aromatic N) is 5. The summed E-state index contributed by atoms with van der Waals surface area (Å²) < 4.78 is 30.5. The predicted molar refractivity (Wildman–Crippen MR) is 83.2 cm³/mol. The van der Waals surface area contributed by atoms with Crippen LogP contribution in [0.2, 0.25) is 0 Å². The van der Waals surface area contributed by atoms with Gasteiger partial charge in [-0.2, -0.15) is 9.40 Å². The maximum Gasteiger partial charge on any atom is 0.260 e. The Morgan fingerprint density at radius 2 is 2.09 bits per heavy atom. The van der Waals surface area contributed by atoms with Gasteiger partial charge in [-0.3, -0.25) is 4.68 Å². The first-order valence-electron chi connectivity index (χ1n) is 6.69. The maximum atomic E-state index is 12.9. The molecule has 22 heavy (non-hydrogen) atoms. The number of rotatable bonds is 3. The smallest absolute Gasteiger partial charge is 0.260 e. The molecule has 1 N–H and O–H groups in total. The molecule has 0 radical (unpaired) electrons. The van der Waals surface area contributed by atoms with Gasteiger partial charge in [0.1, 0.15) is 5.82 Å². The highest BCUT2D eigenvalue weighted by molar-refractivity contribution is 7.89. The van der Waals surface area contributed by atoms with Crippen LogP contribution in [0.5, 0.6) is 0 Å². The van der Waals surface area contributed by atoms with Crippen molar-refractivity contribution in [1.29, 1.82) is 0 Å². The van der Waals surface area contributed by atoms with Gasteiger partial charge < -0.3 is 9.88 Å². The van der Waals surface area contributed by atoms with Crippen molar-refractivity contribution >= 4 is 22.4 Å². The lowest BCUT2D eigenvalue weighted by atomic mass is 10.2. The fraction of sp³-hybridized carbons (Fsp3) is 0.500. The zero-order valence-electron chi connectivity index (χ0n) is 12.4. The third-order valence-electron chi connectivity index (χ3n) is 3.70. The lowest BCUT2D eigenvalue weighted by Crippen LogP contribution is -2.49. The number of aryl methyl sites for hydroxylation is 2. The Labute approximate surface area is 135 Å². The SMILES string of the molecule is Cl.Cn1ccnc1C1CNCCN1S(=O)(=O)c1ccnn1C. The van der Waals surface area contributed by atoms with Crippen molar-refractivity contribution < 1.29 is 8.42 Å². The van der Waals surface area contributed by atoms with Crippen molar-refractivity contribution in [1.82, 2.24) is 29.0 Å². The largest absolute Gasteiger partial charge is 0.337 e. The van der Waals surface area contributed by atoms with Crippen molar-refractivity contribution in [3.63, 3.8) is 0 Å². The second-order valence-corrected chi connectivity index (χ2v) is 6.86. The van der Waals surface area contributed by atoms with Gasteiger partial charge in [0, 0.05) is 46.1 Å². The zero-order chi connectivity index (χ0) is 15.0. The van der Waals surface area contributed by atoms with Crippen LogP contribution >= 0.6 is 12.4 Å². The summed E-state index contributed by atoms with van der Waals surface area (Å²) in [6.45, 7) is 1.57. The minimum Gasteiger partial charge on any atom is -0.337 e. The molecule has 3 rings (SSSR count). The van der Waals surface area contributed by atoms with E-state index in [1.54, 1.807) is 13.2 Å². The van der Waals surface area contributed by atoms with Gasteiger partial charge in [0.15, 0.2) is 5.03 Å². The van der Waals surface area contributed by atoms with E-state index in [1.807, 2.05) is 17.8 Å². The second kappa shape index (κ2) is 6.37. The Morgan fingerprint density at radius 1 is 1.32 bits per heavy atom. The average Bonchev–Trinajstić information content (AvgIpc) is 3.07. The fourth-order valence-electron chi connectivity index (χ4n) is 2.63. The van der Waals surface area contributed by atoms with Crippen LogP contribution in [-0.2, 0) is 24.1 Å². The van der Waals surface area contributed by atoms with E-state index in [-0.39, 0.29) is 23.5 Å². The molecule has 0 bridgehead atoms. The highest BCUT2D eigenvalue weighted by atomic mass is 35.5. The van der Waals surface area contributed by atoms with Gasteiger partial charge in [-0.1, -0.05) is 0 Å². The Hall–Kier alpha value is -1.42. The van der Waals surface area contributed by atoms with E-state index in [0.717, 1.165) is 5.82 Å². The first-order valence-corrected chi connectivity index (χ1v) is 8.13. The topological polar surface area (TPSA) is 85.1 Å². The molecule has 1 aliphatic rings. The standard InChI is InChI=1S/C12H18N6O2S.ClH/c1-16-7-6-14-12(16)10-9-13-5-8-18(10)21(19,20)11-3-4-15-17(11)2;/h3-4,6-7,10,13H,5,8-9H2,1-2H3;1H. The number of sulfonamides is 1. The van der Waals surface area contributed by atoms with E-state index in [4.69, 9.17) is 0 Å². The van der Waals surface area contributed by atoms with Gasteiger partial charge in [0.25, 0.3) is 10.0 Å². The zero-order valence-corrected chi connectivity index (χ0v) is 14.0. The molecule has 0 aromatic carbocycles. The molecule has 1 atom stereocenters. The highest BCUT2D eigenvalue weighted by Gasteiger charge is 2.37. The van der Waals surface area contributed by atoms with E-state index in [9.17, 15) is 8.42 Å². The number of hydrogen-bond donors (Lipinski definition) is 1. The molecule has 1 aliphatic heterocycles. The summed E-state index contributed by atoms with van der Waals surface area (Å²) in [4.78, 5) is 4.30. The Morgan fingerprint density at radius 3 is 2.68 bits per heavy atom. The summed E-state index contributed by atoms with van der Waals surface area (Å²) in [5.41, 5.74) is 0. The molecule has 0 amide bonds. The summed E-state index contributed by atoms with van der Waals surface area (Å²) in [7, 11) is -0.104. The predicted octanol–water partition coefficient (Wildman–Crippen LogP) is -0.0894. The van der Waals surface area contributed by atoms with Crippen LogP contribution in [0, 0.1) is 0 Å². The van der Waals surface area contributed by atoms with Crippen LogP contribution in [0.4, 0.5) is 0 Å². The van der Waals surface area contributed by atoms with Gasteiger partial charge in [0.2, 0.25) is 0 Å². The summed E-state index contributed by atoms with van der Waals surface area (Å²) in [5.74, 6) is 0.730. The number of imidazole rings is 1. The fourth-order valence-corrected chi connectivity index (χ4v) is 4.32. The number of piperazine rings is 1. The first-order chi connectivity index (χ1) is 10.0. The molecule has 0 spiro atoms. The van der Waals surface area contributed by atoms with Crippen molar-refractivity contribution in [3.05, 3.63) is 30.5 Å². The van der Waals surface area contributed by atoms with Crippen molar-refractivity contribution in [2.24, 2.45) is 14.1 Å². The van der Waals surface area contributed by atoms with Crippen molar-refractivity contribution in [2.75, 3.05) is 19.6 Å². The van der Waals surface area contributed by atoms with E-state index >= 15 is 0 Å². The Kier molecular flexibility index (Phi) is 4.90. The lowest BCUT2D eigenvalue weighted by Gasteiger charge is -2.34. The van der Waals surface area contributed by atoms with E-state index in [0.29, 0.717) is 19.6 Å². The summed E-state index contributed by atoms with van der Waals surface area (Å²) >= 11 is 0. The molecule has 0 aliphatic carbocycles. The molecule has 0 saturated carbocycles. The molecular formula is C12H19ClN6O2S. The molecule has 2 aromatic rings. The first kappa shape index (κ1) is 16.9. The van der Waals surface area contributed by atoms with Gasteiger partial charge >= 0.3 is 0 Å². The average molecular weight is 347 g/mol. The molecule has 1 fully saturated rings. The van der Waals surface area contributed by atoms with E-state index < -0.39 is 10.0 Å². The second-order valence-electron chi connectivity index (χ2n) is 5.03. The highest BCUT2D eigenvalue weighted by Crippen LogP contribution is 2.27. The van der Waals surface area contributed by atoms with Gasteiger partial charge in [-0.15, -0.1) is 12.4 Å². The molecule has 3 heterocycles. The quantitative estimate of drug-likeness (QED) is 0.839. The molecule has 2 aromatic heterocycles. The van der Waals surface area contributed by atoms with Gasteiger partial charge in [0.05, 0.1) is 12.2 Å². The minimum atomic E-state index is -3.60. The summed E-state index contributed by atoms with van der Waals surface area (Å²) in [6.07, 6.45) is 4.99. The number of nitrogens with one attached hydrogen (secondary N) is 1. The molecule has 1 unspecified atom stereocenters. The molecule has 10 heteroatoms. The van der Waals surface area contributed by atoms with Gasteiger partial charge in [-0.25, -0.2) is 13.4 Å². The van der Waals surface area contributed by atoms with Crippen LogP contribution < -0.4 is 5.32 Å². The third-order valence-corrected chi connectivity index (χ3v) is 5.68. The van der Waals surface area contributed by atoms with Crippen LogP contribution in [0.1, 0.15) is 11.9 Å².